The first-order chi connectivity index (χ1) is 7.72. The summed E-state index contributed by atoms with van der Waals surface area (Å²) in [5.41, 5.74) is 6.35. The first-order valence-electron chi connectivity index (χ1n) is 5.47. The van der Waals surface area contributed by atoms with E-state index in [1.165, 1.54) is 12.1 Å². The number of hydrogen-bond acceptors (Lipinski definition) is 2. The summed E-state index contributed by atoms with van der Waals surface area (Å²) in [7, 11) is 0. The van der Waals surface area contributed by atoms with Crippen LogP contribution in [0.4, 0.5) is 4.39 Å². The van der Waals surface area contributed by atoms with Gasteiger partial charge in [0.2, 0.25) is 5.91 Å². The lowest BCUT2D eigenvalue weighted by molar-refractivity contribution is -0.130. The molecule has 1 aliphatic rings. The van der Waals surface area contributed by atoms with Crippen molar-refractivity contribution in [3.8, 4) is 0 Å². The highest BCUT2D eigenvalue weighted by Gasteiger charge is 2.28. The van der Waals surface area contributed by atoms with Crippen molar-refractivity contribution < 1.29 is 9.18 Å². The Morgan fingerprint density at radius 3 is 2.65 bits per heavy atom. The standard InChI is InChI=1S/C12H15FN2O.ClH/c13-10-5-3-9(4-6-10)11-2-1-7-15(11)12(16)8-14;/h3-6,11H,1-2,7-8,14H2;1H. The molecule has 1 aromatic carbocycles. The van der Waals surface area contributed by atoms with Crippen LogP contribution in [-0.2, 0) is 4.79 Å². The predicted octanol–water partition coefficient (Wildman–Crippen LogP) is 1.87. The molecule has 5 heteroatoms. The fourth-order valence-electron chi connectivity index (χ4n) is 2.21. The van der Waals surface area contributed by atoms with Crippen LogP contribution < -0.4 is 5.73 Å². The number of rotatable bonds is 2. The third kappa shape index (κ3) is 2.96. The molecular formula is C12H16ClFN2O. The molecule has 3 nitrogen and oxygen atoms in total. The van der Waals surface area contributed by atoms with Gasteiger partial charge in [-0.2, -0.15) is 0 Å². The summed E-state index contributed by atoms with van der Waals surface area (Å²) in [6, 6.07) is 6.40. The normalized spacial score (nSPS) is 18.9. The average molecular weight is 259 g/mol. The summed E-state index contributed by atoms with van der Waals surface area (Å²) in [5.74, 6) is -0.287. The molecule has 0 bridgehead atoms. The molecule has 0 aromatic heterocycles. The Bertz CT molecular complexity index is 383. The average Bonchev–Trinajstić information content (AvgIpc) is 2.78. The van der Waals surface area contributed by atoms with Crippen molar-refractivity contribution in [3.63, 3.8) is 0 Å². The van der Waals surface area contributed by atoms with Crippen LogP contribution >= 0.6 is 12.4 Å². The second-order valence-corrected chi connectivity index (χ2v) is 4.00. The molecule has 1 saturated heterocycles. The van der Waals surface area contributed by atoms with Crippen molar-refractivity contribution in [1.29, 1.82) is 0 Å². The van der Waals surface area contributed by atoms with Gasteiger partial charge in [0.1, 0.15) is 5.82 Å². The van der Waals surface area contributed by atoms with Crippen LogP contribution in [0.2, 0.25) is 0 Å². The molecule has 0 spiro atoms. The molecule has 1 fully saturated rings. The number of carbonyl (C=O) groups excluding carboxylic acids is 1. The van der Waals surface area contributed by atoms with E-state index >= 15 is 0 Å². The maximum absolute atomic E-state index is 12.8. The minimum absolute atomic E-state index is 0. The maximum Gasteiger partial charge on any atom is 0.236 e. The van der Waals surface area contributed by atoms with E-state index in [0.29, 0.717) is 0 Å². The molecule has 2 N–H and O–H groups in total. The van der Waals surface area contributed by atoms with Gasteiger partial charge in [-0.1, -0.05) is 12.1 Å². The monoisotopic (exact) mass is 258 g/mol. The summed E-state index contributed by atoms with van der Waals surface area (Å²) in [6.07, 6.45) is 1.91. The number of benzene rings is 1. The Kier molecular flexibility index (Phi) is 4.90. The largest absolute Gasteiger partial charge is 0.335 e. The lowest BCUT2D eigenvalue weighted by Crippen LogP contribution is -2.35. The van der Waals surface area contributed by atoms with E-state index in [4.69, 9.17) is 5.73 Å². The van der Waals surface area contributed by atoms with Crippen LogP contribution in [0.3, 0.4) is 0 Å². The first kappa shape index (κ1) is 13.9. The highest BCUT2D eigenvalue weighted by molar-refractivity contribution is 5.85. The molecule has 1 heterocycles. The molecule has 2 rings (SSSR count). The number of nitrogens with zero attached hydrogens (tertiary/aromatic N) is 1. The van der Waals surface area contributed by atoms with Crippen molar-refractivity contribution in [2.45, 2.75) is 18.9 Å². The molecule has 0 radical (unpaired) electrons. The highest BCUT2D eigenvalue weighted by atomic mass is 35.5. The molecule has 0 saturated carbocycles. The highest BCUT2D eigenvalue weighted by Crippen LogP contribution is 2.31. The van der Waals surface area contributed by atoms with Gasteiger partial charge in [-0.15, -0.1) is 12.4 Å². The van der Waals surface area contributed by atoms with E-state index in [2.05, 4.69) is 0 Å². The van der Waals surface area contributed by atoms with E-state index < -0.39 is 0 Å². The number of amides is 1. The Balaban J connectivity index is 0.00000144. The van der Waals surface area contributed by atoms with Gasteiger partial charge in [-0.3, -0.25) is 4.79 Å². The second kappa shape index (κ2) is 5.98. The van der Waals surface area contributed by atoms with Crippen molar-refractivity contribution in [2.24, 2.45) is 5.73 Å². The van der Waals surface area contributed by atoms with Gasteiger partial charge in [0.05, 0.1) is 12.6 Å². The second-order valence-electron chi connectivity index (χ2n) is 4.00. The Hall–Kier alpha value is -1.13. The third-order valence-electron chi connectivity index (χ3n) is 3.00. The van der Waals surface area contributed by atoms with Crippen LogP contribution in [0.1, 0.15) is 24.4 Å². The zero-order valence-corrected chi connectivity index (χ0v) is 10.3. The molecule has 1 amide bonds. The van der Waals surface area contributed by atoms with Gasteiger partial charge in [-0.25, -0.2) is 4.39 Å². The van der Waals surface area contributed by atoms with Crippen molar-refractivity contribution in [3.05, 3.63) is 35.6 Å². The van der Waals surface area contributed by atoms with Crippen molar-refractivity contribution >= 4 is 18.3 Å². The SMILES string of the molecule is Cl.NCC(=O)N1CCCC1c1ccc(F)cc1. The van der Waals surface area contributed by atoms with Crippen LogP contribution in [-0.4, -0.2) is 23.9 Å². The number of likely N-dealkylation sites (tertiary alicyclic amines) is 1. The zero-order valence-electron chi connectivity index (χ0n) is 9.43. The summed E-state index contributed by atoms with van der Waals surface area (Å²) in [4.78, 5) is 13.4. The fraction of sp³-hybridized carbons (Fsp3) is 0.417. The van der Waals surface area contributed by atoms with Gasteiger partial charge in [-0.05, 0) is 30.5 Å². The number of nitrogens with two attached hydrogens (primary N) is 1. The zero-order chi connectivity index (χ0) is 11.5. The van der Waals surface area contributed by atoms with Gasteiger partial charge in [0.25, 0.3) is 0 Å². The van der Waals surface area contributed by atoms with Crippen molar-refractivity contribution in [2.75, 3.05) is 13.1 Å². The first-order valence-corrected chi connectivity index (χ1v) is 5.47. The van der Waals surface area contributed by atoms with E-state index in [1.54, 1.807) is 17.0 Å². The number of carbonyl (C=O) groups is 1. The third-order valence-corrected chi connectivity index (χ3v) is 3.00. The summed E-state index contributed by atoms with van der Waals surface area (Å²) >= 11 is 0. The van der Waals surface area contributed by atoms with Gasteiger partial charge >= 0.3 is 0 Å². The molecule has 1 unspecified atom stereocenters. The molecule has 94 valence electrons. The topological polar surface area (TPSA) is 46.3 Å². The maximum atomic E-state index is 12.8. The molecule has 1 aromatic rings. The fourth-order valence-corrected chi connectivity index (χ4v) is 2.21. The van der Waals surface area contributed by atoms with Crippen LogP contribution in [0.25, 0.3) is 0 Å². The quantitative estimate of drug-likeness (QED) is 0.880. The minimum Gasteiger partial charge on any atom is -0.335 e. The Labute approximate surface area is 106 Å². The molecule has 1 atom stereocenters. The minimum atomic E-state index is -0.251. The Morgan fingerprint density at radius 1 is 1.41 bits per heavy atom. The van der Waals surface area contributed by atoms with Crippen LogP contribution in [0.5, 0.6) is 0 Å². The van der Waals surface area contributed by atoms with Gasteiger partial charge in [0.15, 0.2) is 0 Å². The molecule has 17 heavy (non-hydrogen) atoms. The predicted molar refractivity (Wildman–Crippen MR) is 66.4 cm³/mol. The molecule has 0 aliphatic carbocycles. The van der Waals surface area contributed by atoms with E-state index in [1.807, 2.05) is 0 Å². The Morgan fingerprint density at radius 2 is 2.06 bits per heavy atom. The smallest absolute Gasteiger partial charge is 0.236 e. The molecular weight excluding hydrogens is 243 g/mol. The number of hydrogen-bond donors (Lipinski definition) is 1. The van der Waals surface area contributed by atoms with E-state index in [0.717, 1.165) is 24.9 Å². The summed E-state index contributed by atoms with van der Waals surface area (Å²) < 4.78 is 12.8. The van der Waals surface area contributed by atoms with Crippen LogP contribution in [0, 0.1) is 5.82 Å². The lowest BCUT2D eigenvalue weighted by atomic mass is 10.0. The van der Waals surface area contributed by atoms with E-state index in [9.17, 15) is 9.18 Å². The number of halogens is 2. The van der Waals surface area contributed by atoms with Gasteiger partial charge < -0.3 is 10.6 Å². The molecule has 1 aliphatic heterocycles. The van der Waals surface area contributed by atoms with Gasteiger partial charge in [0, 0.05) is 6.54 Å². The summed E-state index contributed by atoms with van der Waals surface area (Å²) in [5, 5.41) is 0. The lowest BCUT2D eigenvalue weighted by Gasteiger charge is -2.24. The van der Waals surface area contributed by atoms with Crippen molar-refractivity contribution in [1.82, 2.24) is 4.90 Å². The van der Waals surface area contributed by atoms with Crippen LogP contribution in [0.15, 0.2) is 24.3 Å². The van der Waals surface area contributed by atoms with E-state index in [-0.39, 0.29) is 36.7 Å². The summed E-state index contributed by atoms with van der Waals surface area (Å²) in [6.45, 7) is 0.787.